The van der Waals surface area contributed by atoms with Crippen LogP contribution in [0, 0.1) is 0 Å². The number of fused-ring (bicyclic) bond motifs is 1. The van der Waals surface area contributed by atoms with Gasteiger partial charge in [-0.25, -0.2) is 9.59 Å². The molecule has 2 heterocycles. The summed E-state index contributed by atoms with van der Waals surface area (Å²) in [5.41, 5.74) is 1.53. The van der Waals surface area contributed by atoms with Gasteiger partial charge in [0.05, 0.1) is 32.4 Å². The minimum absolute atomic E-state index is 0.286. The molecular weight excluding hydrogens is 488 g/mol. The Morgan fingerprint density at radius 2 is 1.48 bits per heavy atom. The van der Waals surface area contributed by atoms with Crippen LogP contribution in [0.3, 0.4) is 0 Å². The fourth-order valence-electron chi connectivity index (χ4n) is 2.86. The normalized spacial score (nSPS) is 11.7. The zero-order chi connectivity index (χ0) is 21.3. The molecule has 2 aromatic heterocycles. The Morgan fingerprint density at radius 1 is 0.897 bits per heavy atom. The zero-order valence-corrected chi connectivity index (χ0v) is 21.3. The van der Waals surface area contributed by atoms with Gasteiger partial charge in [0.1, 0.15) is 0 Å². The Hall–Kier alpha value is -1.48. The summed E-state index contributed by atoms with van der Waals surface area (Å²) in [6.07, 6.45) is 0. The Labute approximate surface area is 188 Å². The van der Waals surface area contributed by atoms with E-state index in [4.69, 9.17) is 9.47 Å². The molecule has 3 aromatic rings. The van der Waals surface area contributed by atoms with Gasteiger partial charge in [0.15, 0.2) is 0 Å². The Kier molecular flexibility index (Phi) is 6.67. The van der Waals surface area contributed by atoms with Crippen molar-refractivity contribution in [3.63, 3.8) is 0 Å². The second kappa shape index (κ2) is 8.71. The van der Waals surface area contributed by atoms with E-state index in [-0.39, 0.29) is 13.2 Å². The van der Waals surface area contributed by atoms with Crippen LogP contribution in [0.5, 0.6) is 0 Å². The van der Waals surface area contributed by atoms with Gasteiger partial charge in [-0.15, -0.1) is 22.7 Å². The minimum atomic E-state index is -1.37. The van der Waals surface area contributed by atoms with Crippen molar-refractivity contribution in [1.82, 2.24) is 0 Å². The number of halogens is 1. The van der Waals surface area contributed by atoms with Crippen LogP contribution >= 0.6 is 38.6 Å². The number of carbonyl (C=O) groups excluding carboxylic acids is 2. The van der Waals surface area contributed by atoms with E-state index in [1.54, 1.807) is 37.3 Å². The third-order valence-corrected chi connectivity index (χ3v) is 10.9. The lowest BCUT2D eigenvalue weighted by molar-refractivity contribution is 0.0511. The fourth-order valence-corrected chi connectivity index (χ4v) is 7.78. The molecule has 3 rings (SSSR count). The third-order valence-electron chi connectivity index (χ3n) is 4.31. The Morgan fingerprint density at radius 3 is 2.03 bits per heavy atom. The highest BCUT2D eigenvalue weighted by Crippen LogP contribution is 2.40. The van der Waals surface area contributed by atoms with Gasteiger partial charge in [-0.05, 0) is 58.5 Å². The first-order valence-electron chi connectivity index (χ1n) is 9.37. The monoisotopic (exact) mass is 510 g/mol. The first-order valence-corrected chi connectivity index (χ1v) is 15.3. The van der Waals surface area contributed by atoms with Gasteiger partial charge in [-0.2, -0.15) is 0 Å². The van der Waals surface area contributed by atoms with E-state index in [1.165, 1.54) is 13.9 Å². The van der Waals surface area contributed by atoms with E-state index in [9.17, 15) is 9.59 Å². The number of carbonyl (C=O) groups is 2. The van der Waals surface area contributed by atoms with Gasteiger partial charge in [0, 0.05) is 24.3 Å². The number of esters is 2. The molecule has 1 aromatic carbocycles. The molecule has 0 aliphatic heterocycles. The molecule has 0 fully saturated rings. The standard InChI is InChI=1S/C21H23BrO4S2Si/c1-6-25-20(23)13-9-15(22)14(21(24)26-7-2)8-12(13)16-10-17-18(27-16)11-19(28-17)29(3,4)5/h8-11H,6-7H2,1-5H3. The number of thiophene rings is 2. The molecule has 0 saturated heterocycles. The minimum Gasteiger partial charge on any atom is -0.462 e. The van der Waals surface area contributed by atoms with Crippen LogP contribution in [-0.4, -0.2) is 33.2 Å². The van der Waals surface area contributed by atoms with Crippen molar-refractivity contribution in [2.75, 3.05) is 13.2 Å². The van der Waals surface area contributed by atoms with Gasteiger partial charge in [0.25, 0.3) is 0 Å². The lowest BCUT2D eigenvalue weighted by Crippen LogP contribution is -2.34. The molecule has 8 heteroatoms. The maximum Gasteiger partial charge on any atom is 0.339 e. The summed E-state index contributed by atoms with van der Waals surface area (Å²) in [7, 11) is -1.37. The Balaban J connectivity index is 2.15. The van der Waals surface area contributed by atoms with E-state index < -0.39 is 20.0 Å². The van der Waals surface area contributed by atoms with E-state index in [1.807, 2.05) is 11.3 Å². The van der Waals surface area contributed by atoms with E-state index >= 15 is 0 Å². The maximum atomic E-state index is 12.6. The van der Waals surface area contributed by atoms with Crippen molar-refractivity contribution < 1.29 is 19.1 Å². The van der Waals surface area contributed by atoms with Crippen molar-refractivity contribution in [3.8, 4) is 10.4 Å². The smallest absolute Gasteiger partial charge is 0.339 e. The summed E-state index contributed by atoms with van der Waals surface area (Å²) in [4.78, 5) is 25.9. The van der Waals surface area contributed by atoms with Crippen LogP contribution in [0.1, 0.15) is 34.6 Å². The van der Waals surface area contributed by atoms with Crippen LogP contribution in [0.2, 0.25) is 19.6 Å². The first kappa shape index (κ1) is 22.2. The van der Waals surface area contributed by atoms with Crippen molar-refractivity contribution in [2.45, 2.75) is 33.5 Å². The molecular formula is C21H23BrO4S2Si. The van der Waals surface area contributed by atoms with Crippen molar-refractivity contribution in [3.05, 3.63) is 39.9 Å². The van der Waals surface area contributed by atoms with Crippen LogP contribution in [0.4, 0.5) is 0 Å². The van der Waals surface area contributed by atoms with Crippen LogP contribution in [0.15, 0.2) is 28.7 Å². The van der Waals surface area contributed by atoms with Crippen molar-refractivity contribution >= 4 is 72.5 Å². The predicted molar refractivity (Wildman–Crippen MR) is 128 cm³/mol. The predicted octanol–water partition coefficient (Wildman–Crippen LogP) is 6.29. The highest BCUT2D eigenvalue weighted by Gasteiger charge is 2.24. The second-order valence-corrected chi connectivity index (χ2v) is 15.9. The highest BCUT2D eigenvalue weighted by atomic mass is 79.9. The summed E-state index contributed by atoms with van der Waals surface area (Å²) in [5, 5.41) is 0. The molecule has 154 valence electrons. The molecule has 0 amide bonds. The molecule has 4 nitrogen and oxygen atoms in total. The van der Waals surface area contributed by atoms with Gasteiger partial charge in [-0.1, -0.05) is 19.6 Å². The number of hydrogen-bond donors (Lipinski definition) is 0. The molecule has 0 aliphatic carbocycles. The number of hydrogen-bond acceptors (Lipinski definition) is 6. The van der Waals surface area contributed by atoms with E-state index in [2.05, 4.69) is 47.7 Å². The number of rotatable bonds is 6. The molecule has 0 bridgehead atoms. The van der Waals surface area contributed by atoms with Crippen LogP contribution in [0.25, 0.3) is 19.8 Å². The summed E-state index contributed by atoms with van der Waals surface area (Å²) < 4.78 is 14.8. The van der Waals surface area contributed by atoms with Crippen LogP contribution in [-0.2, 0) is 9.47 Å². The van der Waals surface area contributed by atoms with Crippen molar-refractivity contribution in [1.29, 1.82) is 0 Å². The first-order chi connectivity index (χ1) is 13.7. The summed E-state index contributed by atoms with van der Waals surface area (Å²) in [6.45, 7) is 11.1. The molecule has 0 radical (unpaired) electrons. The summed E-state index contributed by atoms with van der Waals surface area (Å²) >= 11 is 6.86. The quantitative estimate of drug-likeness (QED) is 0.288. The summed E-state index contributed by atoms with van der Waals surface area (Å²) in [6, 6.07) is 7.76. The lowest BCUT2D eigenvalue weighted by Gasteiger charge is -2.13. The fraction of sp³-hybridized carbons (Fsp3) is 0.333. The summed E-state index contributed by atoms with van der Waals surface area (Å²) in [5.74, 6) is -0.825. The van der Waals surface area contributed by atoms with Crippen LogP contribution < -0.4 is 4.50 Å². The van der Waals surface area contributed by atoms with Gasteiger partial charge >= 0.3 is 11.9 Å². The topological polar surface area (TPSA) is 52.6 Å². The van der Waals surface area contributed by atoms with Gasteiger partial charge in [-0.3, -0.25) is 0 Å². The Bertz CT molecular complexity index is 1050. The van der Waals surface area contributed by atoms with Crippen molar-refractivity contribution in [2.24, 2.45) is 0 Å². The van der Waals surface area contributed by atoms with E-state index in [0.717, 1.165) is 4.88 Å². The molecule has 0 spiro atoms. The number of benzene rings is 1. The average molecular weight is 512 g/mol. The molecule has 0 N–H and O–H groups in total. The third kappa shape index (κ3) is 4.65. The average Bonchev–Trinajstić information content (AvgIpc) is 3.20. The van der Waals surface area contributed by atoms with Gasteiger partial charge < -0.3 is 9.47 Å². The molecule has 0 unspecified atom stereocenters. The second-order valence-electron chi connectivity index (χ2n) is 7.52. The van der Waals surface area contributed by atoms with Gasteiger partial charge in [0.2, 0.25) is 0 Å². The highest BCUT2D eigenvalue weighted by molar-refractivity contribution is 9.10. The molecule has 0 aliphatic rings. The molecule has 0 atom stereocenters. The zero-order valence-electron chi connectivity index (χ0n) is 17.1. The molecule has 0 saturated carbocycles. The maximum absolute atomic E-state index is 12.6. The largest absolute Gasteiger partial charge is 0.462 e. The SMILES string of the molecule is CCOC(=O)c1cc(-c2cc3sc([Si](C)(C)C)cc3s2)c(C(=O)OCC)cc1Br. The van der Waals surface area contributed by atoms with E-state index in [0.29, 0.717) is 21.2 Å². The molecule has 29 heavy (non-hydrogen) atoms. The number of ether oxygens (including phenoxy) is 2. The lowest BCUT2D eigenvalue weighted by atomic mass is 10.0.